The molecule has 1 amide bonds. The summed E-state index contributed by atoms with van der Waals surface area (Å²) in [5.74, 6) is 0.809. The van der Waals surface area contributed by atoms with Crippen LogP contribution in [0.5, 0.6) is 0 Å². The highest BCUT2D eigenvalue weighted by Gasteiger charge is 2.55. The third-order valence-electron chi connectivity index (χ3n) is 6.28. The van der Waals surface area contributed by atoms with Crippen molar-refractivity contribution in [1.29, 1.82) is 0 Å². The number of halogens is 1. The van der Waals surface area contributed by atoms with Gasteiger partial charge < -0.3 is 10.0 Å². The van der Waals surface area contributed by atoms with Crippen molar-refractivity contribution in [3.05, 3.63) is 35.1 Å². The average Bonchev–Trinajstić information content (AvgIpc) is 2.40. The number of benzene rings is 1. The van der Waals surface area contributed by atoms with Crippen LogP contribution in [-0.2, 0) is 11.2 Å². The molecule has 0 unspecified atom stereocenters. The number of likely N-dealkylation sites (tertiary alicyclic amines) is 1. The topological polar surface area (TPSA) is 40.5 Å². The number of rotatable bonds is 3. The number of nitrogens with zero attached hydrogens (tertiary/aromatic N) is 1. The summed E-state index contributed by atoms with van der Waals surface area (Å²) in [6.07, 6.45) is 4.59. The predicted octanol–water partition coefficient (Wildman–Crippen LogP) is 3.08. The van der Waals surface area contributed by atoms with Crippen LogP contribution in [0.2, 0.25) is 0 Å². The summed E-state index contributed by atoms with van der Waals surface area (Å²) in [4.78, 5) is 14.3. The van der Waals surface area contributed by atoms with Crippen LogP contribution in [0.1, 0.15) is 43.7 Å². The Kier molecular flexibility index (Phi) is 3.54. The maximum Gasteiger partial charge on any atom is 0.225 e. The third kappa shape index (κ3) is 2.75. The predicted molar refractivity (Wildman–Crippen MR) is 89.9 cm³/mol. The Hall–Kier alpha value is -1.42. The van der Waals surface area contributed by atoms with Crippen molar-refractivity contribution in [1.82, 2.24) is 4.90 Å². The highest BCUT2D eigenvalue weighted by molar-refractivity contribution is 5.81. The molecule has 0 bridgehead atoms. The Bertz CT molecular complexity index is 662. The van der Waals surface area contributed by atoms with Crippen LogP contribution in [0.3, 0.4) is 0 Å². The van der Waals surface area contributed by atoms with Crippen molar-refractivity contribution in [3.63, 3.8) is 0 Å². The van der Waals surface area contributed by atoms with Gasteiger partial charge in [-0.2, -0.15) is 0 Å². The lowest BCUT2D eigenvalue weighted by Crippen LogP contribution is -2.66. The monoisotopic (exact) mass is 331 g/mol. The van der Waals surface area contributed by atoms with Gasteiger partial charge in [-0.05, 0) is 69.1 Å². The SMILES string of the molecule is Cc1cc(CC2CC3(C2)CN(C(=O)[C@H]2C[C@@](C)(O)C2)C3)ccc1F. The molecule has 1 N–H and O–H groups in total. The first-order valence-corrected chi connectivity index (χ1v) is 9.02. The molecule has 0 atom stereocenters. The fourth-order valence-electron chi connectivity index (χ4n) is 5.09. The Balaban J connectivity index is 1.24. The molecular formula is C20H26FNO2. The van der Waals surface area contributed by atoms with E-state index >= 15 is 0 Å². The molecule has 3 nitrogen and oxygen atoms in total. The molecule has 1 heterocycles. The molecule has 24 heavy (non-hydrogen) atoms. The van der Waals surface area contributed by atoms with E-state index in [1.165, 1.54) is 18.4 Å². The first kappa shape index (κ1) is 16.1. The van der Waals surface area contributed by atoms with Crippen molar-refractivity contribution in [3.8, 4) is 0 Å². The minimum absolute atomic E-state index is 0.0374. The normalized spacial score (nSPS) is 31.3. The van der Waals surface area contributed by atoms with Gasteiger partial charge in [-0.15, -0.1) is 0 Å². The largest absolute Gasteiger partial charge is 0.390 e. The fourth-order valence-corrected chi connectivity index (χ4v) is 5.09. The molecule has 4 heteroatoms. The molecule has 0 radical (unpaired) electrons. The number of aryl methyl sites for hydroxylation is 1. The smallest absolute Gasteiger partial charge is 0.225 e. The van der Waals surface area contributed by atoms with Gasteiger partial charge in [0.1, 0.15) is 5.82 Å². The third-order valence-corrected chi connectivity index (χ3v) is 6.28. The van der Waals surface area contributed by atoms with Crippen molar-refractivity contribution in [2.24, 2.45) is 17.3 Å². The zero-order chi connectivity index (χ0) is 17.1. The average molecular weight is 331 g/mol. The molecule has 3 fully saturated rings. The summed E-state index contributed by atoms with van der Waals surface area (Å²) < 4.78 is 13.3. The second-order valence-corrected chi connectivity index (χ2v) is 8.86. The molecule has 130 valence electrons. The zero-order valence-corrected chi connectivity index (χ0v) is 14.5. The summed E-state index contributed by atoms with van der Waals surface area (Å²) in [7, 11) is 0. The van der Waals surface area contributed by atoms with Gasteiger partial charge in [0.05, 0.1) is 5.60 Å². The Labute approximate surface area is 142 Å². The van der Waals surface area contributed by atoms with E-state index in [9.17, 15) is 14.3 Å². The van der Waals surface area contributed by atoms with E-state index in [1.807, 2.05) is 30.9 Å². The molecule has 1 saturated heterocycles. The lowest BCUT2D eigenvalue weighted by atomic mass is 9.56. The van der Waals surface area contributed by atoms with E-state index in [2.05, 4.69) is 0 Å². The number of carbonyl (C=O) groups excluding carboxylic acids is 1. The summed E-state index contributed by atoms with van der Waals surface area (Å²) in [5, 5.41) is 9.78. The standard InChI is InChI=1S/C20H26FNO2/c1-13-5-14(3-4-17(13)21)6-15-7-20(8-15)11-22(12-20)18(23)16-9-19(2,24)10-16/h3-5,15-16,24H,6-12H2,1-2H3/t16-,19+. The second-order valence-electron chi connectivity index (χ2n) is 8.86. The Morgan fingerprint density at radius 2 is 1.96 bits per heavy atom. The van der Waals surface area contributed by atoms with E-state index in [1.54, 1.807) is 6.07 Å². The number of hydrogen-bond acceptors (Lipinski definition) is 2. The van der Waals surface area contributed by atoms with Crippen LogP contribution in [0, 0.1) is 30.0 Å². The quantitative estimate of drug-likeness (QED) is 0.925. The molecule has 2 aliphatic carbocycles. The number of hydrogen-bond donors (Lipinski definition) is 1. The number of aliphatic hydroxyl groups is 1. The van der Waals surface area contributed by atoms with Gasteiger partial charge in [-0.25, -0.2) is 4.39 Å². The van der Waals surface area contributed by atoms with E-state index in [0.717, 1.165) is 25.1 Å². The molecule has 1 aliphatic heterocycles. The maximum absolute atomic E-state index is 13.3. The lowest BCUT2D eigenvalue weighted by molar-refractivity contribution is -0.171. The van der Waals surface area contributed by atoms with Crippen LogP contribution in [0.25, 0.3) is 0 Å². The molecule has 1 spiro atoms. The Morgan fingerprint density at radius 1 is 1.29 bits per heavy atom. The summed E-state index contributed by atoms with van der Waals surface area (Å²) >= 11 is 0. The molecular weight excluding hydrogens is 305 g/mol. The molecule has 1 aromatic rings. The van der Waals surface area contributed by atoms with Gasteiger partial charge in [0, 0.05) is 24.4 Å². The van der Waals surface area contributed by atoms with Crippen molar-refractivity contribution >= 4 is 5.91 Å². The summed E-state index contributed by atoms with van der Waals surface area (Å²) in [6, 6.07) is 5.42. The Morgan fingerprint density at radius 3 is 2.54 bits per heavy atom. The maximum atomic E-state index is 13.3. The van der Waals surface area contributed by atoms with Gasteiger partial charge in [0.2, 0.25) is 5.91 Å². The van der Waals surface area contributed by atoms with E-state index in [-0.39, 0.29) is 17.6 Å². The molecule has 0 aromatic heterocycles. The molecule has 2 saturated carbocycles. The van der Waals surface area contributed by atoms with Crippen LogP contribution in [0.4, 0.5) is 4.39 Å². The van der Waals surface area contributed by atoms with Gasteiger partial charge in [-0.3, -0.25) is 4.79 Å². The van der Waals surface area contributed by atoms with Crippen LogP contribution >= 0.6 is 0 Å². The summed E-state index contributed by atoms with van der Waals surface area (Å²) in [6.45, 7) is 5.41. The first-order chi connectivity index (χ1) is 11.3. The number of amides is 1. The van der Waals surface area contributed by atoms with E-state index in [0.29, 0.717) is 24.2 Å². The van der Waals surface area contributed by atoms with Crippen molar-refractivity contribution < 1.29 is 14.3 Å². The van der Waals surface area contributed by atoms with Crippen molar-refractivity contribution in [2.75, 3.05) is 13.1 Å². The molecule has 4 rings (SSSR count). The molecule has 3 aliphatic rings. The highest BCUT2D eigenvalue weighted by Crippen LogP contribution is 2.53. The summed E-state index contributed by atoms with van der Waals surface area (Å²) in [5.41, 5.74) is 1.66. The lowest BCUT2D eigenvalue weighted by Gasteiger charge is -2.60. The molecule has 1 aromatic carbocycles. The number of carbonyl (C=O) groups is 1. The van der Waals surface area contributed by atoms with Crippen LogP contribution in [-0.4, -0.2) is 34.6 Å². The van der Waals surface area contributed by atoms with Crippen LogP contribution < -0.4 is 0 Å². The highest BCUT2D eigenvalue weighted by atomic mass is 19.1. The van der Waals surface area contributed by atoms with Gasteiger partial charge in [0.25, 0.3) is 0 Å². The van der Waals surface area contributed by atoms with Gasteiger partial charge in [-0.1, -0.05) is 12.1 Å². The second kappa shape index (κ2) is 5.29. The minimum atomic E-state index is -0.627. The van der Waals surface area contributed by atoms with E-state index < -0.39 is 5.60 Å². The van der Waals surface area contributed by atoms with Gasteiger partial charge in [0.15, 0.2) is 0 Å². The van der Waals surface area contributed by atoms with Crippen molar-refractivity contribution in [2.45, 2.75) is 51.6 Å². The van der Waals surface area contributed by atoms with Crippen LogP contribution in [0.15, 0.2) is 18.2 Å². The van der Waals surface area contributed by atoms with Gasteiger partial charge >= 0.3 is 0 Å². The van der Waals surface area contributed by atoms with E-state index in [4.69, 9.17) is 0 Å². The zero-order valence-electron chi connectivity index (χ0n) is 14.5. The minimum Gasteiger partial charge on any atom is -0.390 e. The fraction of sp³-hybridized carbons (Fsp3) is 0.650. The first-order valence-electron chi connectivity index (χ1n) is 9.02.